The topological polar surface area (TPSA) is 64.4 Å². The maximum Gasteiger partial charge on any atom is 0.246 e. The summed E-state index contributed by atoms with van der Waals surface area (Å²) in [4.78, 5) is 6.69. The van der Waals surface area contributed by atoms with Gasteiger partial charge in [0.05, 0.1) is 24.9 Å². The molecule has 3 aromatic rings. The summed E-state index contributed by atoms with van der Waals surface area (Å²) in [6.07, 6.45) is 3.73. The molecular formula is C23H25F2N5O2. The van der Waals surface area contributed by atoms with Gasteiger partial charge in [-0.1, -0.05) is 0 Å². The lowest BCUT2D eigenvalue weighted by atomic mass is 10.0. The Bertz CT molecular complexity index is 1100. The van der Waals surface area contributed by atoms with Gasteiger partial charge in [-0.3, -0.25) is 4.90 Å². The van der Waals surface area contributed by atoms with Crippen molar-refractivity contribution in [3.8, 4) is 11.4 Å². The number of piperidine rings is 1. The Morgan fingerprint density at radius 2 is 2.00 bits per heavy atom. The molecule has 0 spiro atoms. The quantitative estimate of drug-likeness (QED) is 0.627. The van der Waals surface area contributed by atoms with Gasteiger partial charge in [-0.15, -0.1) is 5.10 Å². The van der Waals surface area contributed by atoms with Crippen LogP contribution in [0.3, 0.4) is 0 Å². The third-order valence-corrected chi connectivity index (χ3v) is 5.82. The number of hydrogen-bond acceptors (Lipinski definition) is 6. The van der Waals surface area contributed by atoms with E-state index in [4.69, 9.17) is 9.47 Å². The normalized spacial score (nSPS) is 19.5. The highest BCUT2D eigenvalue weighted by Crippen LogP contribution is 2.27. The number of aromatic nitrogens is 3. The molecule has 9 heteroatoms. The summed E-state index contributed by atoms with van der Waals surface area (Å²) in [6.45, 7) is 5.64. The maximum atomic E-state index is 13.5. The van der Waals surface area contributed by atoms with Crippen LogP contribution in [0.1, 0.15) is 18.4 Å². The minimum absolute atomic E-state index is 0.143. The molecule has 32 heavy (non-hydrogen) atoms. The zero-order valence-corrected chi connectivity index (χ0v) is 17.8. The van der Waals surface area contributed by atoms with Crippen LogP contribution in [0.25, 0.3) is 5.69 Å². The Morgan fingerprint density at radius 3 is 2.78 bits per heavy atom. The fraction of sp³-hybridized carbons (Fsp3) is 0.391. The second-order valence-electron chi connectivity index (χ2n) is 8.34. The van der Waals surface area contributed by atoms with Crippen LogP contribution in [0.4, 0.5) is 20.4 Å². The van der Waals surface area contributed by atoms with Crippen molar-refractivity contribution in [3.05, 3.63) is 59.9 Å². The minimum atomic E-state index is -0.931. The summed E-state index contributed by atoms with van der Waals surface area (Å²) in [5, 5.41) is 7.48. The number of hydrogen-bond donors (Lipinski definition) is 1. The van der Waals surface area contributed by atoms with Crippen molar-refractivity contribution < 1.29 is 18.3 Å². The molecule has 2 aromatic carbocycles. The van der Waals surface area contributed by atoms with Crippen molar-refractivity contribution in [1.29, 1.82) is 0 Å². The van der Waals surface area contributed by atoms with E-state index in [0.29, 0.717) is 17.7 Å². The number of benzene rings is 2. The van der Waals surface area contributed by atoms with Crippen LogP contribution in [0, 0.1) is 18.6 Å². The van der Waals surface area contributed by atoms with Crippen molar-refractivity contribution in [2.45, 2.75) is 31.9 Å². The summed E-state index contributed by atoms with van der Waals surface area (Å²) in [6, 6.07) is 10.0. The first-order valence-electron chi connectivity index (χ1n) is 10.8. The lowest BCUT2D eigenvalue weighted by molar-refractivity contribution is -0.0825. The van der Waals surface area contributed by atoms with E-state index in [-0.39, 0.29) is 6.10 Å². The predicted octanol–water partition coefficient (Wildman–Crippen LogP) is 3.84. The zero-order chi connectivity index (χ0) is 22.1. The van der Waals surface area contributed by atoms with Gasteiger partial charge >= 0.3 is 0 Å². The van der Waals surface area contributed by atoms with Crippen LogP contribution in [0.2, 0.25) is 0 Å². The Hall–Kier alpha value is -3.04. The van der Waals surface area contributed by atoms with Crippen LogP contribution in [-0.2, 0) is 4.74 Å². The second-order valence-corrected chi connectivity index (χ2v) is 8.34. The summed E-state index contributed by atoms with van der Waals surface area (Å²) >= 11 is 0. The highest BCUT2D eigenvalue weighted by atomic mass is 19.2. The fourth-order valence-electron chi connectivity index (χ4n) is 4.11. The van der Waals surface area contributed by atoms with E-state index in [9.17, 15) is 8.78 Å². The first-order chi connectivity index (χ1) is 15.5. The molecule has 0 aliphatic carbocycles. The molecular weight excluding hydrogens is 416 g/mol. The Labute approximate surface area is 185 Å². The maximum absolute atomic E-state index is 13.5. The number of halogens is 2. The molecule has 2 aliphatic heterocycles. The third-order valence-electron chi connectivity index (χ3n) is 5.82. The van der Waals surface area contributed by atoms with Crippen LogP contribution in [0.5, 0.6) is 5.75 Å². The molecule has 0 radical (unpaired) electrons. The van der Waals surface area contributed by atoms with E-state index in [1.807, 2.05) is 25.1 Å². The molecule has 1 N–H and O–H groups in total. The van der Waals surface area contributed by atoms with Gasteiger partial charge in [0.2, 0.25) is 5.95 Å². The average molecular weight is 441 g/mol. The highest BCUT2D eigenvalue weighted by Gasteiger charge is 2.31. The summed E-state index contributed by atoms with van der Waals surface area (Å²) in [5.41, 5.74) is 2.23. The van der Waals surface area contributed by atoms with Crippen LogP contribution >= 0.6 is 0 Å². The highest BCUT2D eigenvalue weighted by molar-refractivity contribution is 5.57. The van der Waals surface area contributed by atoms with Crippen molar-refractivity contribution in [3.63, 3.8) is 0 Å². The molecule has 168 valence electrons. The first-order valence-corrected chi connectivity index (χ1v) is 10.8. The van der Waals surface area contributed by atoms with E-state index >= 15 is 0 Å². The number of ether oxygens (including phenoxy) is 2. The molecule has 2 fully saturated rings. The van der Waals surface area contributed by atoms with Crippen molar-refractivity contribution >= 4 is 11.6 Å². The van der Waals surface area contributed by atoms with E-state index in [1.54, 1.807) is 0 Å². The van der Waals surface area contributed by atoms with Gasteiger partial charge < -0.3 is 14.8 Å². The molecule has 0 bridgehead atoms. The van der Waals surface area contributed by atoms with Gasteiger partial charge in [0, 0.05) is 24.4 Å². The molecule has 2 aliphatic rings. The summed E-state index contributed by atoms with van der Waals surface area (Å²) in [7, 11) is 0. The Morgan fingerprint density at radius 1 is 1.12 bits per heavy atom. The van der Waals surface area contributed by atoms with Gasteiger partial charge in [-0.25, -0.2) is 13.5 Å². The SMILES string of the molecule is Cc1cc(Nc2ncn(-c3ccc(F)c(F)c3)n2)cc(O[C@H]2CCCN(C3COC3)C2)c1. The van der Waals surface area contributed by atoms with Gasteiger partial charge in [0.15, 0.2) is 11.6 Å². The van der Waals surface area contributed by atoms with Gasteiger partial charge in [0.25, 0.3) is 0 Å². The van der Waals surface area contributed by atoms with Crippen molar-refractivity contribution in [2.75, 3.05) is 31.6 Å². The van der Waals surface area contributed by atoms with Gasteiger partial charge in [0.1, 0.15) is 18.2 Å². The van der Waals surface area contributed by atoms with E-state index in [0.717, 1.165) is 68.3 Å². The number of nitrogens with zero attached hydrogens (tertiary/aromatic N) is 4. The molecule has 0 amide bonds. The fourth-order valence-corrected chi connectivity index (χ4v) is 4.11. The monoisotopic (exact) mass is 441 g/mol. The predicted molar refractivity (Wildman–Crippen MR) is 116 cm³/mol. The molecule has 1 aromatic heterocycles. The molecule has 0 saturated carbocycles. The summed E-state index contributed by atoms with van der Waals surface area (Å²) < 4.78 is 39.7. The average Bonchev–Trinajstić information content (AvgIpc) is 3.17. The molecule has 1 atom stereocenters. The smallest absolute Gasteiger partial charge is 0.246 e. The number of nitrogens with one attached hydrogen (secondary N) is 1. The number of rotatable bonds is 6. The number of likely N-dealkylation sites (tertiary alicyclic amines) is 1. The second kappa shape index (κ2) is 8.84. The third kappa shape index (κ3) is 4.58. The van der Waals surface area contributed by atoms with E-state index in [1.165, 1.54) is 17.1 Å². The molecule has 3 heterocycles. The lowest BCUT2D eigenvalue weighted by Gasteiger charge is -2.41. The van der Waals surface area contributed by atoms with Crippen molar-refractivity contribution in [1.82, 2.24) is 19.7 Å². The molecule has 0 unspecified atom stereocenters. The first kappa shape index (κ1) is 20.8. The Balaban J connectivity index is 1.27. The number of aryl methyl sites for hydroxylation is 1. The van der Waals surface area contributed by atoms with Crippen LogP contribution in [0.15, 0.2) is 42.7 Å². The Kier molecular flexibility index (Phi) is 5.75. The minimum Gasteiger partial charge on any atom is -0.489 e. The van der Waals surface area contributed by atoms with E-state index < -0.39 is 11.6 Å². The van der Waals surface area contributed by atoms with Crippen LogP contribution in [-0.4, -0.2) is 58.1 Å². The van der Waals surface area contributed by atoms with Gasteiger partial charge in [-0.2, -0.15) is 4.98 Å². The lowest BCUT2D eigenvalue weighted by Crippen LogP contribution is -2.54. The van der Waals surface area contributed by atoms with E-state index in [2.05, 4.69) is 20.3 Å². The molecule has 5 rings (SSSR count). The summed E-state index contributed by atoms with van der Waals surface area (Å²) in [5.74, 6) is -0.690. The standard InChI is InChI=1S/C23H25F2N5O2/c1-15-7-16(27-23-26-14-30(28-23)17-4-5-21(24)22(25)10-17)9-20(8-15)32-19-3-2-6-29(11-19)18-12-31-13-18/h4-5,7-10,14,18-19H,2-3,6,11-13H2,1H3,(H,27,28)/t19-/m0/s1. The van der Waals surface area contributed by atoms with Gasteiger partial charge in [-0.05, 0) is 56.1 Å². The number of anilines is 2. The van der Waals surface area contributed by atoms with Crippen molar-refractivity contribution in [2.24, 2.45) is 0 Å². The van der Waals surface area contributed by atoms with Crippen LogP contribution < -0.4 is 10.1 Å². The molecule has 2 saturated heterocycles. The molecule has 7 nitrogen and oxygen atoms in total. The largest absolute Gasteiger partial charge is 0.489 e. The zero-order valence-electron chi connectivity index (χ0n) is 17.8.